The van der Waals surface area contributed by atoms with Gasteiger partial charge in [0.25, 0.3) is 0 Å². The van der Waals surface area contributed by atoms with Crippen LogP contribution in [-0.2, 0) is 4.74 Å². The fourth-order valence-corrected chi connectivity index (χ4v) is 2.94. The Morgan fingerprint density at radius 3 is 2.33 bits per heavy atom. The minimum absolute atomic E-state index is 0.0616. The number of likely N-dealkylation sites (tertiary alicyclic amines) is 1. The molecule has 132 valence electrons. The van der Waals surface area contributed by atoms with Gasteiger partial charge in [0.05, 0.1) is 5.56 Å². The Kier molecular flexibility index (Phi) is 5.18. The van der Waals surface area contributed by atoms with E-state index < -0.39 is 11.6 Å². The molecule has 1 heterocycles. The highest BCUT2D eigenvalue weighted by atomic mass is 16.6. The number of carbonyl (C=O) groups is 2. The Bertz CT molecular complexity index is 606. The zero-order valence-corrected chi connectivity index (χ0v) is 14.7. The van der Waals surface area contributed by atoms with Gasteiger partial charge in [-0.15, -0.1) is 0 Å². The first kappa shape index (κ1) is 18.3. The number of amides is 1. The molecule has 2 rings (SSSR count). The molecule has 0 radical (unpaired) electrons. The number of carbonyl (C=O) groups excluding carboxylic acids is 1. The first-order valence-corrected chi connectivity index (χ1v) is 8.17. The molecule has 1 saturated heterocycles. The molecule has 0 aliphatic carbocycles. The summed E-state index contributed by atoms with van der Waals surface area (Å²) in [4.78, 5) is 25.1. The van der Waals surface area contributed by atoms with Crippen LogP contribution in [-0.4, -0.2) is 46.3 Å². The van der Waals surface area contributed by atoms with Gasteiger partial charge in [-0.3, -0.25) is 0 Å². The number of hydrogen-bond acceptors (Lipinski definition) is 4. The number of aromatic carboxylic acids is 1. The summed E-state index contributed by atoms with van der Waals surface area (Å²) < 4.78 is 5.48. The molecular formula is C18H26N2O4. The topological polar surface area (TPSA) is 92.9 Å². The number of ether oxygens (including phenoxy) is 1. The molecule has 6 heteroatoms. The van der Waals surface area contributed by atoms with Crippen LogP contribution in [0, 0.1) is 0 Å². The van der Waals surface area contributed by atoms with Crippen molar-refractivity contribution >= 4 is 12.1 Å². The number of carboxylic acid groups (broad SMARTS) is 1. The first-order valence-electron chi connectivity index (χ1n) is 8.17. The summed E-state index contributed by atoms with van der Waals surface area (Å²) in [6.45, 7) is 7.94. The van der Waals surface area contributed by atoms with Gasteiger partial charge in [-0.1, -0.05) is 12.1 Å². The molecule has 6 nitrogen and oxygen atoms in total. The molecule has 1 amide bonds. The van der Waals surface area contributed by atoms with Crippen molar-refractivity contribution in [1.29, 1.82) is 0 Å². The molecule has 1 aliphatic heterocycles. The molecular weight excluding hydrogens is 308 g/mol. The number of nitrogens with zero attached hydrogens (tertiary/aromatic N) is 1. The molecule has 1 aromatic rings. The molecule has 0 bridgehead atoms. The van der Waals surface area contributed by atoms with Gasteiger partial charge in [0.2, 0.25) is 0 Å². The lowest BCUT2D eigenvalue weighted by atomic mass is 9.85. The summed E-state index contributed by atoms with van der Waals surface area (Å²) in [5.41, 5.74) is 6.90. The third-order valence-electron chi connectivity index (χ3n) is 4.34. The minimum Gasteiger partial charge on any atom is -0.478 e. The van der Waals surface area contributed by atoms with E-state index in [1.54, 1.807) is 29.2 Å². The van der Waals surface area contributed by atoms with Crippen molar-refractivity contribution in [3.63, 3.8) is 0 Å². The number of carboxylic acids is 1. The maximum atomic E-state index is 12.5. The molecule has 24 heavy (non-hydrogen) atoms. The minimum atomic E-state index is -0.953. The Morgan fingerprint density at radius 2 is 1.83 bits per heavy atom. The molecule has 0 spiro atoms. The number of nitrogens with two attached hydrogens (primary N) is 1. The fraction of sp³-hybridized carbons (Fsp3) is 0.556. The van der Waals surface area contributed by atoms with Gasteiger partial charge in [0.15, 0.2) is 0 Å². The number of hydrogen-bond donors (Lipinski definition) is 2. The van der Waals surface area contributed by atoms with Crippen molar-refractivity contribution in [2.75, 3.05) is 6.54 Å². The monoisotopic (exact) mass is 334 g/mol. The molecule has 3 unspecified atom stereocenters. The third kappa shape index (κ3) is 4.26. The van der Waals surface area contributed by atoms with Crippen LogP contribution in [0.4, 0.5) is 4.79 Å². The molecule has 3 atom stereocenters. The molecule has 1 aliphatic rings. The number of rotatable bonds is 2. The van der Waals surface area contributed by atoms with Crippen LogP contribution in [0.25, 0.3) is 0 Å². The van der Waals surface area contributed by atoms with Gasteiger partial charge in [-0.05, 0) is 51.8 Å². The summed E-state index contributed by atoms with van der Waals surface area (Å²) >= 11 is 0. The Morgan fingerprint density at radius 1 is 1.25 bits per heavy atom. The molecule has 1 fully saturated rings. The quantitative estimate of drug-likeness (QED) is 0.867. The van der Waals surface area contributed by atoms with Gasteiger partial charge >= 0.3 is 12.1 Å². The van der Waals surface area contributed by atoms with Crippen LogP contribution in [0.1, 0.15) is 56.0 Å². The van der Waals surface area contributed by atoms with Crippen LogP contribution < -0.4 is 5.73 Å². The second-order valence-corrected chi connectivity index (χ2v) is 7.40. The second-order valence-electron chi connectivity index (χ2n) is 7.40. The van der Waals surface area contributed by atoms with E-state index in [2.05, 4.69) is 0 Å². The third-order valence-corrected chi connectivity index (χ3v) is 4.34. The van der Waals surface area contributed by atoms with Crippen molar-refractivity contribution in [3.8, 4) is 0 Å². The van der Waals surface area contributed by atoms with Gasteiger partial charge in [0.1, 0.15) is 5.60 Å². The van der Waals surface area contributed by atoms with E-state index in [-0.39, 0.29) is 29.7 Å². The van der Waals surface area contributed by atoms with Crippen molar-refractivity contribution in [1.82, 2.24) is 4.90 Å². The lowest BCUT2D eigenvalue weighted by molar-refractivity contribution is 0.00665. The largest absolute Gasteiger partial charge is 0.478 e. The van der Waals surface area contributed by atoms with Crippen LogP contribution >= 0.6 is 0 Å². The second kappa shape index (κ2) is 6.81. The maximum absolute atomic E-state index is 12.5. The predicted octanol–water partition coefficient (Wildman–Crippen LogP) is 2.83. The van der Waals surface area contributed by atoms with Crippen LogP contribution in [0.5, 0.6) is 0 Å². The van der Waals surface area contributed by atoms with E-state index in [1.165, 1.54) is 0 Å². The van der Waals surface area contributed by atoms with Crippen molar-refractivity contribution < 1.29 is 19.4 Å². The zero-order valence-electron chi connectivity index (χ0n) is 14.7. The van der Waals surface area contributed by atoms with Gasteiger partial charge in [0, 0.05) is 24.5 Å². The highest BCUT2D eigenvalue weighted by Gasteiger charge is 2.36. The SMILES string of the molecule is CC1C(N)CC(c2ccc(C(=O)O)cc2)CN1C(=O)OC(C)(C)C. The summed E-state index contributed by atoms with van der Waals surface area (Å²) in [5.74, 6) is -0.891. The van der Waals surface area contributed by atoms with Crippen molar-refractivity contribution in [3.05, 3.63) is 35.4 Å². The van der Waals surface area contributed by atoms with Crippen LogP contribution in [0.15, 0.2) is 24.3 Å². The smallest absolute Gasteiger partial charge is 0.410 e. The summed E-state index contributed by atoms with van der Waals surface area (Å²) in [7, 11) is 0. The maximum Gasteiger partial charge on any atom is 0.410 e. The van der Waals surface area contributed by atoms with E-state index in [1.807, 2.05) is 27.7 Å². The normalized spacial score (nSPS) is 24.5. The summed E-state index contributed by atoms with van der Waals surface area (Å²) in [5, 5.41) is 9.00. The highest BCUT2D eigenvalue weighted by Crippen LogP contribution is 2.30. The fourth-order valence-electron chi connectivity index (χ4n) is 2.94. The van der Waals surface area contributed by atoms with E-state index in [9.17, 15) is 9.59 Å². The zero-order chi connectivity index (χ0) is 18.1. The molecule has 0 saturated carbocycles. The molecule has 1 aromatic carbocycles. The number of piperidine rings is 1. The van der Waals surface area contributed by atoms with E-state index in [4.69, 9.17) is 15.6 Å². The van der Waals surface area contributed by atoms with Gasteiger partial charge in [-0.2, -0.15) is 0 Å². The van der Waals surface area contributed by atoms with E-state index in [0.29, 0.717) is 6.54 Å². The van der Waals surface area contributed by atoms with Crippen molar-refractivity contribution in [2.45, 2.75) is 57.7 Å². The lowest BCUT2D eigenvalue weighted by Crippen LogP contribution is -2.55. The predicted molar refractivity (Wildman–Crippen MR) is 91.1 cm³/mol. The lowest BCUT2D eigenvalue weighted by Gasteiger charge is -2.42. The van der Waals surface area contributed by atoms with E-state index in [0.717, 1.165) is 12.0 Å². The Labute approximate surface area is 142 Å². The number of benzene rings is 1. The molecule has 0 aromatic heterocycles. The first-order chi connectivity index (χ1) is 11.1. The van der Waals surface area contributed by atoms with Crippen molar-refractivity contribution in [2.24, 2.45) is 5.73 Å². The summed E-state index contributed by atoms with van der Waals surface area (Å²) in [6.07, 6.45) is 0.379. The average molecular weight is 334 g/mol. The standard InChI is InChI=1S/C18H26N2O4/c1-11-15(19)9-14(10-20(11)17(23)24-18(2,3)4)12-5-7-13(8-6-12)16(21)22/h5-8,11,14-15H,9-10,19H2,1-4H3,(H,21,22). The summed E-state index contributed by atoms with van der Waals surface area (Å²) in [6, 6.07) is 6.50. The van der Waals surface area contributed by atoms with Gasteiger partial charge in [-0.25, -0.2) is 9.59 Å². The van der Waals surface area contributed by atoms with E-state index >= 15 is 0 Å². The highest BCUT2D eigenvalue weighted by molar-refractivity contribution is 5.87. The van der Waals surface area contributed by atoms with Crippen LogP contribution in [0.2, 0.25) is 0 Å². The van der Waals surface area contributed by atoms with Gasteiger partial charge < -0.3 is 20.5 Å². The Hall–Kier alpha value is -2.08. The van der Waals surface area contributed by atoms with Crippen LogP contribution in [0.3, 0.4) is 0 Å². The Balaban J connectivity index is 2.17. The molecule has 3 N–H and O–H groups in total. The average Bonchev–Trinajstić information content (AvgIpc) is 2.48.